The third-order valence-electron chi connectivity index (χ3n) is 5.75. The Balaban J connectivity index is 1.90. The number of aliphatic hydroxyl groups is 1. The number of rotatable bonds is 7. The van der Waals surface area contributed by atoms with Crippen molar-refractivity contribution in [3.8, 4) is 0 Å². The van der Waals surface area contributed by atoms with Gasteiger partial charge in [-0.15, -0.1) is 0 Å². The third kappa shape index (κ3) is 6.12. The second-order valence-corrected chi connectivity index (χ2v) is 9.75. The lowest BCUT2D eigenvalue weighted by molar-refractivity contribution is -0.120. The maximum Gasteiger partial charge on any atom is 0.281 e. The molecular formula is C18H36N4O4S. The number of piperidine rings is 1. The summed E-state index contributed by atoms with van der Waals surface area (Å²) in [5.41, 5.74) is -0.853. The predicted octanol–water partition coefficient (Wildman–Crippen LogP) is 0.391. The molecule has 0 aromatic heterocycles. The fourth-order valence-corrected chi connectivity index (χ4v) is 5.86. The summed E-state index contributed by atoms with van der Waals surface area (Å²) in [6.07, 6.45) is 3.51. The van der Waals surface area contributed by atoms with Crippen molar-refractivity contribution in [3.63, 3.8) is 0 Å². The van der Waals surface area contributed by atoms with Crippen LogP contribution < -0.4 is 5.32 Å². The van der Waals surface area contributed by atoms with Crippen molar-refractivity contribution in [2.45, 2.75) is 64.5 Å². The van der Waals surface area contributed by atoms with Crippen LogP contribution in [0.25, 0.3) is 0 Å². The quantitative estimate of drug-likeness (QED) is 0.640. The molecule has 1 atom stereocenters. The standard InChI is InChI=1S/C18H36N4O4S/c1-4-21(5-2)27(25,26)22-11-6-9-18(24,10-14-22)15-20-12-7-17(8-13-20)19-16(3)23/h17,24H,4-15H2,1-3H3,(H,19,23). The van der Waals surface area contributed by atoms with Crippen LogP contribution in [0.5, 0.6) is 0 Å². The van der Waals surface area contributed by atoms with E-state index in [0.29, 0.717) is 52.0 Å². The van der Waals surface area contributed by atoms with E-state index >= 15 is 0 Å². The Morgan fingerprint density at radius 3 is 2.33 bits per heavy atom. The summed E-state index contributed by atoms with van der Waals surface area (Å²) in [6.45, 7) is 9.23. The molecule has 2 N–H and O–H groups in total. The minimum atomic E-state index is -3.45. The topological polar surface area (TPSA) is 93.2 Å². The van der Waals surface area contributed by atoms with Gasteiger partial charge in [-0.1, -0.05) is 13.8 Å². The fourth-order valence-electron chi connectivity index (χ4n) is 4.20. The SMILES string of the molecule is CCN(CC)S(=O)(=O)N1CCCC(O)(CN2CCC(NC(C)=O)CC2)CC1. The number of nitrogens with zero attached hydrogens (tertiary/aromatic N) is 3. The molecule has 2 rings (SSSR count). The third-order valence-corrected chi connectivity index (χ3v) is 7.93. The minimum absolute atomic E-state index is 0.00495. The Morgan fingerprint density at radius 2 is 1.78 bits per heavy atom. The molecule has 2 saturated heterocycles. The molecule has 0 spiro atoms. The van der Waals surface area contributed by atoms with Gasteiger partial charge < -0.3 is 15.3 Å². The van der Waals surface area contributed by atoms with Gasteiger partial charge in [0.15, 0.2) is 0 Å². The molecule has 0 aromatic rings. The van der Waals surface area contributed by atoms with E-state index in [-0.39, 0.29) is 11.9 Å². The number of hydrogen-bond acceptors (Lipinski definition) is 5. The van der Waals surface area contributed by atoms with Gasteiger partial charge in [0, 0.05) is 58.8 Å². The molecule has 0 aromatic carbocycles. The molecular weight excluding hydrogens is 368 g/mol. The predicted molar refractivity (Wildman–Crippen MR) is 105 cm³/mol. The van der Waals surface area contributed by atoms with Crippen LogP contribution in [0.1, 0.15) is 52.9 Å². The van der Waals surface area contributed by atoms with Gasteiger partial charge in [-0.05, 0) is 32.1 Å². The van der Waals surface area contributed by atoms with Crippen molar-refractivity contribution in [2.75, 3.05) is 45.8 Å². The number of β-amino-alcohol motifs (C(OH)–C–C–N with tert-alkyl or cyclic N) is 1. The van der Waals surface area contributed by atoms with Crippen molar-refractivity contribution in [2.24, 2.45) is 0 Å². The minimum Gasteiger partial charge on any atom is -0.389 e. The molecule has 2 aliphatic rings. The van der Waals surface area contributed by atoms with E-state index in [9.17, 15) is 18.3 Å². The van der Waals surface area contributed by atoms with Gasteiger partial charge >= 0.3 is 0 Å². The average molecular weight is 405 g/mol. The molecule has 0 bridgehead atoms. The Bertz CT molecular complexity index is 588. The van der Waals surface area contributed by atoms with Gasteiger partial charge in [-0.2, -0.15) is 17.0 Å². The fraction of sp³-hybridized carbons (Fsp3) is 0.944. The van der Waals surface area contributed by atoms with Crippen molar-refractivity contribution in [1.82, 2.24) is 18.8 Å². The summed E-state index contributed by atoms with van der Waals surface area (Å²) in [5, 5.41) is 14.1. The number of carbonyl (C=O) groups excluding carboxylic acids is 1. The van der Waals surface area contributed by atoms with E-state index in [1.807, 2.05) is 13.8 Å². The zero-order chi connectivity index (χ0) is 20.1. The highest BCUT2D eigenvalue weighted by Gasteiger charge is 2.37. The van der Waals surface area contributed by atoms with Gasteiger partial charge in [-0.3, -0.25) is 4.79 Å². The normalized spacial score (nSPS) is 26.9. The second kappa shape index (κ2) is 9.65. The molecule has 1 unspecified atom stereocenters. The smallest absolute Gasteiger partial charge is 0.281 e. The first-order valence-corrected chi connectivity index (χ1v) is 11.6. The summed E-state index contributed by atoms with van der Waals surface area (Å²) < 4.78 is 28.5. The summed E-state index contributed by atoms with van der Waals surface area (Å²) in [5.74, 6) is 0.00495. The van der Waals surface area contributed by atoms with Crippen molar-refractivity contribution < 1.29 is 18.3 Å². The number of nitrogens with one attached hydrogen (secondary N) is 1. The first-order valence-electron chi connectivity index (χ1n) is 10.2. The van der Waals surface area contributed by atoms with Gasteiger partial charge in [0.25, 0.3) is 10.2 Å². The molecule has 9 heteroatoms. The summed E-state index contributed by atoms with van der Waals surface area (Å²) in [7, 11) is -3.45. The van der Waals surface area contributed by atoms with Crippen molar-refractivity contribution in [3.05, 3.63) is 0 Å². The van der Waals surface area contributed by atoms with Crippen molar-refractivity contribution >= 4 is 16.1 Å². The second-order valence-electron chi connectivity index (χ2n) is 7.82. The molecule has 0 aliphatic carbocycles. The van der Waals surface area contributed by atoms with Gasteiger partial charge in [0.1, 0.15) is 0 Å². The lowest BCUT2D eigenvalue weighted by Crippen LogP contribution is -2.50. The number of amides is 1. The highest BCUT2D eigenvalue weighted by atomic mass is 32.2. The van der Waals surface area contributed by atoms with E-state index in [1.165, 1.54) is 8.61 Å². The molecule has 2 fully saturated rings. The highest BCUT2D eigenvalue weighted by Crippen LogP contribution is 2.27. The molecule has 2 heterocycles. The van der Waals surface area contributed by atoms with Gasteiger partial charge in [0.05, 0.1) is 5.60 Å². The molecule has 158 valence electrons. The van der Waals surface area contributed by atoms with Crippen LogP contribution in [-0.2, 0) is 15.0 Å². The lowest BCUT2D eigenvalue weighted by atomic mass is 9.93. The summed E-state index contributed by atoms with van der Waals surface area (Å²) in [6, 6.07) is 0.220. The molecule has 8 nitrogen and oxygen atoms in total. The maximum absolute atomic E-state index is 12.8. The zero-order valence-electron chi connectivity index (χ0n) is 17.0. The summed E-state index contributed by atoms with van der Waals surface area (Å²) >= 11 is 0. The van der Waals surface area contributed by atoms with E-state index in [4.69, 9.17) is 0 Å². The van der Waals surface area contributed by atoms with E-state index in [1.54, 1.807) is 6.92 Å². The van der Waals surface area contributed by atoms with Gasteiger partial charge in [0.2, 0.25) is 5.91 Å². The van der Waals surface area contributed by atoms with E-state index in [0.717, 1.165) is 25.9 Å². The molecule has 0 radical (unpaired) electrons. The van der Waals surface area contributed by atoms with Crippen LogP contribution in [0.4, 0.5) is 0 Å². The molecule has 2 aliphatic heterocycles. The Labute approximate surface area is 164 Å². The monoisotopic (exact) mass is 404 g/mol. The van der Waals surface area contributed by atoms with Gasteiger partial charge in [-0.25, -0.2) is 0 Å². The van der Waals surface area contributed by atoms with E-state index in [2.05, 4.69) is 10.2 Å². The maximum atomic E-state index is 12.8. The largest absolute Gasteiger partial charge is 0.389 e. The van der Waals surface area contributed by atoms with Crippen LogP contribution in [0.2, 0.25) is 0 Å². The Kier molecular flexibility index (Phi) is 8.05. The average Bonchev–Trinajstić information content (AvgIpc) is 2.79. The Hall–Kier alpha value is -0.740. The van der Waals surface area contributed by atoms with Crippen LogP contribution in [0.3, 0.4) is 0 Å². The first-order chi connectivity index (χ1) is 12.7. The Morgan fingerprint density at radius 1 is 1.15 bits per heavy atom. The summed E-state index contributed by atoms with van der Waals surface area (Å²) in [4.78, 5) is 13.4. The number of carbonyl (C=O) groups is 1. The van der Waals surface area contributed by atoms with Crippen molar-refractivity contribution in [1.29, 1.82) is 0 Å². The first kappa shape index (κ1) is 22.5. The molecule has 1 amide bonds. The van der Waals surface area contributed by atoms with Crippen LogP contribution in [0.15, 0.2) is 0 Å². The number of hydrogen-bond donors (Lipinski definition) is 2. The molecule has 0 saturated carbocycles. The van der Waals surface area contributed by atoms with Crippen LogP contribution in [-0.4, -0.2) is 90.4 Å². The van der Waals surface area contributed by atoms with E-state index < -0.39 is 15.8 Å². The zero-order valence-corrected chi connectivity index (χ0v) is 17.8. The lowest BCUT2D eigenvalue weighted by Gasteiger charge is -2.38. The molecule has 27 heavy (non-hydrogen) atoms. The van der Waals surface area contributed by atoms with Crippen LogP contribution >= 0.6 is 0 Å². The van der Waals surface area contributed by atoms with Crippen LogP contribution in [0, 0.1) is 0 Å². The highest BCUT2D eigenvalue weighted by molar-refractivity contribution is 7.86. The number of likely N-dealkylation sites (tertiary alicyclic amines) is 1.